The van der Waals surface area contributed by atoms with Crippen LogP contribution in [0.4, 0.5) is 0 Å². The van der Waals surface area contributed by atoms with Crippen molar-refractivity contribution in [2.24, 2.45) is 0 Å². The summed E-state index contributed by atoms with van der Waals surface area (Å²) >= 11 is 0. The number of imidazole rings is 1. The average molecular weight is 563 g/mol. The molecule has 0 radical (unpaired) electrons. The standard InChI is InChI=1S/C41H26N2O/c1-3-11-27(12-4-1)30-20-22-36(34(25-30)28-13-5-2-6-14-28)43-37-23-19-29-15-7-8-16-32(29)40(37)42-41(43)31-21-24-39-35(26-31)33-17-9-10-18-38(33)44-39/h1-26H. The molecule has 0 saturated heterocycles. The van der Waals surface area contributed by atoms with Crippen LogP contribution in [-0.4, -0.2) is 9.55 Å². The first kappa shape index (κ1) is 24.6. The van der Waals surface area contributed by atoms with Crippen LogP contribution in [0.25, 0.3) is 83.1 Å². The summed E-state index contributed by atoms with van der Waals surface area (Å²) < 4.78 is 8.52. The highest BCUT2D eigenvalue weighted by Gasteiger charge is 2.21. The molecule has 2 heterocycles. The molecule has 7 aromatic carbocycles. The van der Waals surface area contributed by atoms with Crippen LogP contribution in [0.2, 0.25) is 0 Å². The van der Waals surface area contributed by atoms with Gasteiger partial charge in [0.05, 0.1) is 16.7 Å². The molecule has 0 spiro atoms. The molecule has 0 atom stereocenters. The van der Waals surface area contributed by atoms with E-state index in [1.54, 1.807) is 0 Å². The van der Waals surface area contributed by atoms with Crippen molar-refractivity contribution >= 4 is 43.7 Å². The molecule has 0 aliphatic rings. The van der Waals surface area contributed by atoms with E-state index in [0.29, 0.717) is 0 Å². The summed E-state index contributed by atoms with van der Waals surface area (Å²) in [5, 5.41) is 4.51. The summed E-state index contributed by atoms with van der Waals surface area (Å²) in [6, 6.07) is 55.6. The van der Waals surface area contributed by atoms with Crippen molar-refractivity contribution in [2.75, 3.05) is 0 Å². The van der Waals surface area contributed by atoms with Gasteiger partial charge in [-0.3, -0.25) is 4.57 Å². The van der Waals surface area contributed by atoms with Crippen LogP contribution in [0.3, 0.4) is 0 Å². The monoisotopic (exact) mass is 562 g/mol. The van der Waals surface area contributed by atoms with E-state index in [1.807, 2.05) is 12.1 Å². The van der Waals surface area contributed by atoms with E-state index in [2.05, 4.69) is 150 Å². The Morgan fingerprint density at radius 1 is 0.455 bits per heavy atom. The summed E-state index contributed by atoms with van der Waals surface area (Å²) in [6.07, 6.45) is 0. The van der Waals surface area contributed by atoms with Gasteiger partial charge in [-0.2, -0.15) is 0 Å². The fourth-order valence-corrected chi connectivity index (χ4v) is 6.50. The molecular weight excluding hydrogens is 536 g/mol. The highest BCUT2D eigenvalue weighted by molar-refractivity contribution is 6.08. The second kappa shape index (κ2) is 9.82. The molecule has 0 N–H and O–H groups in total. The van der Waals surface area contributed by atoms with Crippen molar-refractivity contribution in [2.45, 2.75) is 0 Å². The van der Waals surface area contributed by atoms with Crippen LogP contribution in [0.15, 0.2) is 162 Å². The van der Waals surface area contributed by atoms with Gasteiger partial charge in [0.2, 0.25) is 0 Å². The Morgan fingerprint density at radius 2 is 1.14 bits per heavy atom. The Hall–Kier alpha value is -5.93. The quantitative estimate of drug-likeness (QED) is 0.214. The van der Waals surface area contributed by atoms with Crippen molar-refractivity contribution in [1.82, 2.24) is 9.55 Å². The van der Waals surface area contributed by atoms with Crippen LogP contribution < -0.4 is 0 Å². The first-order chi connectivity index (χ1) is 21.8. The van der Waals surface area contributed by atoms with Crippen molar-refractivity contribution in [1.29, 1.82) is 0 Å². The van der Waals surface area contributed by atoms with Crippen LogP contribution in [0, 0.1) is 0 Å². The number of furan rings is 1. The lowest BCUT2D eigenvalue weighted by Crippen LogP contribution is -2.01. The summed E-state index contributed by atoms with van der Waals surface area (Å²) in [5.74, 6) is 0.896. The number of aromatic nitrogens is 2. The molecule has 0 fully saturated rings. The fraction of sp³-hybridized carbons (Fsp3) is 0. The Morgan fingerprint density at radius 3 is 1.98 bits per heavy atom. The number of benzene rings is 7. The molecule has 206 valence electrons. The van der Waals surface area contributed by atoms with Gasteiger partial charge in [0.15, 0.2) is 0 Å². The second-order valence-corrected chi connectivity index (χ2v) is 11.2. The minimum atomic E-state index is 0.875. The van der Waals surface area contributed by atoms with Crippen LogP contribution in [0.5, 0.6) is 0 Å². The third kappa shape index (κ3) is 3.87. The number of fused-ring (bicyclic) bond motifs is 6. The Kier molecular flexibility index (Phi) is 5.50. The number of nitrogens with zero attached hydrogens (tertiary/aromatic N) is 2. The van der Waals surface area contributed by atoms with E-state index < -0.39 is 0 Å². The molecule has 0 aliphatic carbocycles. The highest BCUT2D eigenvalue weighted by atomic mass is 16.3. The highest BCUT2D eigenvalue weighted by Crippen LogP contribution is 2.40. The van der Waals surface area contributed by atoms with Crippen molar-refractivity contribution in [3.63, 3.8) is 0 Å². The Bertz CT molecular complexity index is 2490. The van der Waals surface area contributed by atoms with Gasteiger partial charge in [-0.15, -0.1) is 0 Å². The molecule has 44 heavy (non-hydrogen) atoms. The molecule has 0 bridgehead atoms. The van der Waals surface area contributed by atoms with Gasteiger partial charge < -0.3 is 4.42 Å². The molecular formula is C41H26N2O. The zero-order valence-corrected chi connectivity index (χ0v) is 23.8. The maximum atomic E-state index is 6.18. The predicted octanol–water partition coefficient (Wildman–Crippen LogP) is 11.1. The molecule has 0 amide bonds. The van der Waals surface area contributed by atoms with Gasteiger partial charge in [0, 0.05) is 27.3 Å². The number of para-hydroxylation sites is 1. The summed E-state index contributed by atoms with van der Waals surface area (Å²) in [7, 11) is 0. The lowest BCUT2D eigenvalue weighted by molar-refractivity contribution is 0.669. The normalized spacial score (nSPS) is 11.6. The van der Waals surface area contributed by atoms with Gasteiger partial charge in [0.25, 0.3) is 0 Å². The predicted molar refractivity (Wildman–Crippen MR) is 182 cm³/mol. The van der Waals surface area contributed by atoms with Gasteiger partial charge in [-0.25, -0.2) is 4.98 Å². The summed E-state index contributed by atoms with van der Waals surface area (Å²) in [5.41, 5.74) is 10.6. The van der Waals surface area contributed by atoms with Gasteiger partial charge in [-0.1, -0.05) is 115 Å². The van der Waals surface area contributed by atoms with E-state index in [4.69, 9.17) is 9.40 Å². The minimum absolute atomic E-state index is 0.875. The third-order valence-electron chi connectivity index (χ3n) is 8.61. The molecule has 0 aliphatic heterocycles. The van der Waals surface area contributed by atoms with Crippen LogP contribution in [0.1, 0.15) is 0 Å². The van der Waals surface area contributed by atoms with Gasteiger partial charge >= 0.3 is 0 Å². The Balaban J connectivity index is 1.37. The van der Waals surface area contributed by atoms with E-state index in [0.717, 1.165) is 66.6 Å². The van der Waals surface area contributed by atoms with Crippen molar-refractivity contribution in [3.05, 3.63) is 158 Å². The maximum Gasteiger partial charge on any atom is 0.145 e. The zero-order valence-electron chi connectivity index (χ0n) is 23.8. The largest absolute Gasteiger partial charge is 0.456 e. The van der Waals surface area contributed by atoms with Crippen LogP contribution >= 0.6 is 0 Å². The van der Waals surface area contributed by atoms with Crippen molar-refractivity contribution < 1.29 is 4.42 Å². The lowest BCUT2D eigenvalue weighted by atomic mass is 9.97. The summed E-state index contributed by atoms with van der Waals surface area (Å²) in [6.45, 7) is 0. The van der Waals surface area contributed by atoms with Gasteiger partial charge in [-0.05, 0) is 64.5 Å². The van der Waals surface area contributed by atoms with Gasteiger partial charge in [0.1, 0.15) is 17.0 Å². The zero-order chi connectivity index (χ0) is 29.0. The molecule has 2 aromatic heterocycles. The summed E-state index contributed by atoms with van der Waals surface area (Å²) in [4.78, 5) is 5.41. The fourth-order valence-electron chi connectivity index (χ4n) is 6.50. The molecule has 0 unspecified atom stereocenters. The van der Waals surface area contributed by atoms with E-state index in [1.165, 1.54) is 16.5 Å². The molecule has 0 saturated carbocycles. The minimum Gasteiger partial charge on any atom is -0.456 e. The molecule has 3 heteroatoms. The molecule has 9 aromatic rings. The van der Waals surface area contributed by atoms with Crippen molar-refractivity contribution in [3.8, 4) is 39.3 Å². The second-order valence-electron chi connectivity index (χ2n) is 11.2. The molecule has 9 rings (SSSR count). The first-order valence-corrected chi connectivity index (χ1v) is 14.9. The van der Waals surface area contributed by atoms with E-state index in [-0.39, 0.29) is 0 Å². The van der Waals surface area contributed by atoms with Crippen LogP contribution in [-0.2, 0) is 0 Å². The van der Waals surface area contributed by atoms with E-state index >= 15 is 0 Å². The topological polar surface area (TPSA) is 31.0 Å². The number of hydrogen-bond acceptors (Lipinski definition) is 2. The molecule has 3 nitrogen and oxygen atoms in total. The smallest absolute Gasteiger partial charge is 0.145 e. The first-order valence-electron chi connectivity index (χ1n) is 14.9. The number of rotatable bonds is 4. The van der Waals surface area contributed by atoms with E-state index in [9.17, 15) is 0 Å². The maximum absolute atomic E-state index is 6.18. The average Bonchev–Trinajstić information content (AvgIpc) is 3.67. The lowest BCUT2D eigenvalue weighted by Gasteiger charge is -2.17. The SMILES string of the molecule is c1ccc(-c2ccc(-n3c(-c4ccc5oc6ccccc6c5c4)nc4c5ccccc5ccc43)c(-c3ccccc3)c2)cc1. The number of hydrogen-bond donors (Lipinski definition) is 0. The Labute approximate surface area is 254 Å². The third-order valence-corrected chi connectivity index (χ3v) is 8.61.